The fraction of sp³-hybridized carbons (Fsp3) is 0.364. The number of nitrogens with zero attached hydrogens (tertiary/aromatic N) is 4. The van der Waals surface area contributed by atoms with Crippen LogP contribution in [0.1, 0.15) is 0 Å². The van der Waals surface area contributed by atoms with Gasteiger partial charge in [0.1, 0.15) is 5.82 Å². The maximum Gasteiger partial charge on any atom is 0.123 e. The molecule has 0 aliphatic heterocycles. The zero-order valence-corrected chi connectivity index (χ0v) is 16.7. The van der Waals surface area contributed by atoms with E-state index >= 15 is 0 Å². The van der Waals surface area contributed by atoms with E-state index in [9.17, 15) is 4.39 Å². The summed E-state index contributed by atoms with van der Waals surface area (Å²) < 4.78 is 16.2. The molecule has 0 aliphatic rings. The van der Waals surface area contributed by atoms with Crippen molar-refractivity contribution in [3.8, 4) is 11.1 Å². The number of aromatic nitrogens is 1. The van der Waals surface area contributed by atoms with Crippen molar-refractivity contribution in [2.45, 2.75) is 0 Å². The van der Waals surface area contributed by atoms with Crippen molar-refractivity contribution in [1.82, 2.24) is 14.5 Å². The average molecular weight is 369 g/mol. The lowest BCUT2D eigenvalue weighted by Crippen LogP contribution is -2.43. The number of benzene rings is 2. The summed E-state index contributed by atoms with van der Waals surface area (Å²) in [5.41, 5.74) is 3.20. The van der Waals surface area contributed by atoms with Crippen LogP contribution in [0.2, 0.25) is 0 Å². The standard InChI is InChI=1S/C22H29FN4/c1-24(2)12-14-26(15-13-25(3)4)27-17-21(18-8-6-5-7-9-18)20-16-19(23)10-11-22(20)27/h5-11,16-17H,12-15H2,1-4H3. The lowest BCUT2D eigenvalue weighted by Gasteiger charge is -2.29. The first-order valence-electron chi connectivity index (χ1n) is 9.36. The molecule has 0 unspecified atom stereocenters. The molecule has 0 aliphatic carbocycles. The monoisotopic (exact) mass is 368 g/mol. The molecule has 1 aromatic heterocycles. The van der Waals surface area contributed by atoms with Gasteiger partial charge in [-0.1, -0.05) is 30.3 Å². The fourth-order valence-electron chi connectivity index (χ4n) is 3.23. The maximum atomic E-state index is 14.0. The Kier molecular flexibility index (Phi) is 6.14. The van der Waals surface area contributed by atoms with Crippen molar-refractivity contribution in [2.24, 2.45) is 0 Å². The smallest absolute Gasteiger partial charge is 0.123 e. The number of hydrogen-bond donors (Lipinski definition) is 0. The molecule has 0 saturated heterocycles. The molecule has 0 N–H and O–H groups in total. The van der Waals surface area contributed by atoms with E-state index in [1.807, 2.05) is 24.3 Å². The Hall–Kier alpha value is -2.37. The van der Waals surface area contributed by atoms with Gasteiger partial charge < -0.3 is 14.8 Å². The van der Waals surface area contributed by atoms with Crippen molar-refractivity contribution < 1.29 is 4.39 Å². The van der Waals surface area contributed by atoms with Gasteiger partial charge in [-0.25, -0.2) is 4.39 Å². The van der Waals surface area contributed by atoms with E-state index in [1.165, 1.54) is 0 Å². The van der Waals surface area contributed by atoms with Gasteiger partial charge in [0, 0.05) is 43.3 Å². The van der Waals surface area contributed by atoms with Crippen molar-refractivity contribution in [3.63, 3.8) is 0 Å². The summed E-state index contributed by atoms with van der Waals surface area (Å²) in [5.74, 6) is -0.203. The Morgan fingerprint density at radius 2 is 1.44 bits per heavy atom. The highest BCUT2D eigenvalue weighted by Crippen LogP contribution is 2.31. The molecule has 0 fully saturated rings. The van der Waals surface area contributed by atoms with Crippen LogP contribution in [0.15, 0.2) is 54.7 Å². The molecule has 0 atom stereocenters. The van der Waals surface area contributed by atoms with Crippen LogP contribution in [0.4, 0.5) is 4.39 Å². The van der Waals surface area contributed by atoms with Gasteiger partial charge in [-0.2, -0.15) is 0 Å². The summed E-state index contributed by atoms with van der Waals surface area (Å²) in [6.07, 6.45) is 2.14. The minimum atomic E-state index is -0.203. The summed E-state index contributed by atoms with van der Waals surface area (Å²) in [4.78, 5) is 4.37. The van der Waals surface area contributed by atoms with Crippen molar-refractivity contribution >= 4 is 10.9 Å². The molecule has 3 aromatic rings. The Bertz CT molecular complexity index is 859. The van der Waals surface area contributed by atoms with Gasteiger partial charge in [-0.15, -0.1) is 0 Å². The largest absolute Gasteiger partial charge is 0.310 e. The first-order chi connectivity index (χ1) is 13.0. The van der Waals surface area contributed by atoms with Gasteiger partial charge in [0.05, 0.1) is 5.52 Å². The molecule has 1 heterocycles. The van der Waals surface area contributed by atoms with Crippen LogP contribution in [0.3, 0.4) is 0 Å². The summed E-state index contributed by atoms with van der Waals surface area (Å²) >= 11 is 0. The first kappa shape index (κ1) is 19.4. The van der Waals surface area contributed by atoms with Crippen LogP contribution in [-0.4, -0.2) is 68.8 Å². The molecule has 5 heteroatoms. The van der Waals surface area contributed by atoms with Crippen LogP contribution >= 0.6 is 0 Å². The van der Waals surface area contributed by atoms with Crippen molar-refractivity contribution in [2.75, 3.05) is 59.4 Å². The Morgan fingerprint density at radius 3 is 2.04 bits per heavy atom. The van der Waals surface area contributed by atoms with Gasteiger partial charge in [-0.05, 0) is 52.0 Å². The number of likely N-dealkylation sites (N-methyl/N-ethyl adjacent to an activating group) is 2. The quantitative estimate of drug-likeness (QED) is 0.605. The molecule has 0 spiro atoms. The highest BCUT2D eigenvalue weighted by Gasteiger charge is 2.16. The molecule has 0 saturated carbocycles. The number of hydrogen-bond acceptors (Lipinski definition) is 3. The topological polar surface area (TPSA) is 14.7 Å². The summed E-state index contributed by atoms with van der Waals surface area (Å²) in [6, 6.07) is 15.3. The van der Waals surface area contributed by atoms with E-state index in [1.54, 1.807) is 12.1 Å². The molecule has 3 rings (SSSR count). The van der Waals surface area contributed by atoms with Crippen LogP contribution in [0.25, 0.3) is 22.0 Å². The van der Waals surface area contributed by atoms with Crippen LogP contribution in [0.5, 0.6) is 0 Å². The lowest BCUT2D eigenvalue weighted by molar-refractivity contribution is 0.368. The first-order valence-corrected chi connectivity index (χ1v) is 9.36. The van der Waals surface area contributed by atoms with Gasteiger partial charge in [0.25, 0.3) is 0 Å². The second-order valence-electron chi connectivity index (χ2n) is 7.48. The van der Waals surface area contributed by atoms with Crippen molar-refractivity contribution in [3.05, 3.63) is 60.5 Å². The molecule has 27 heavy (non-hydrogen) atoms. The molecule has 0 radical (unpaired) electrons. The number of halogens is 1. The molecule has 0 amide bonds. The number of fused-ring (bicyclic) bond motifs is 1. The van der Waals surface area contributed by atoms with Gasteiger partial charge in [0.15, 0.2) is 0 Å². The average Bonchev–Trinajstić information content (AvgIpc) is 3.00. The second-order valence-corrected chi connectivity index (χ2v) is 7.48. The minimum absolute atomic E-state index is 0.203. The highest BCUT2D eigenvalue weighted by molar-refractivity contribution is 5.96. The Morgan fingerprint density at radius 1 is 0.815 bits per heavy atom. The zero-order valence-electron chi connectivity index (χ0n) is 16.7. The van der Waals surface area contributed by atoms with E-state index in [2.05, 4.69) is 66.0 Å². The predicted molar refractivity (Wildman–Crippen MR) is 112 cm³/mol. The highest BCUT2D eigenvalue weighted by atomic mass is 19.1. The van der Waals surface area contributed by atoms with Crippen LogP contribution in [0, 0.1) is 5.82 Å². The summed E-state index contributed by atoms with van der Waals surface area (Å²) in [5, 5.41) is 3.29. The normalized spacial score (nSPS) is 11.7. The minimum Gasteiger partial charge on any atom is -0.310 e. The third-order valence-electron chi connectivity index (χ3n) is 4.75. The molecular weight excluding hydrogens is 339 g/mol. The molecular formula is C22H29FN4. The van der Waals surface area contributed by atoms with Crippen LogP contribution in [-0.2, 0) is 0 Å². The van der Waals surface area contributed by atoms with E-state index in [0.29, 0.717) is 0 Å². The van der Waals surface area contributed by atoms with E-state index in [-0.39, 0.29) is 5.82 Å². The molecule has 144 valence electrons. The fourth-order valence-corrected chi connectivity index (χ4v) is 3.23. The summed E-state index contributed by atoms with van der Waals surface area (Å²) in [6.45, 7) is 3.70. The number of rotatable bonds is 8. The van der Waals surface area contributed by atoms with E-state index in [4.69, 9.17) is 0 Å². The van der Waals surface area contributed by atoms with E-state index in [0.717, 1.165) is 48.2 Å². The summed E-state index contributed by atoms with van der Waals surface area (Å²) in [7, 11) is 8.34. The Labute approximate surface area is 161 Å². The van der Waals surface area contributed by atoms with Crippen molar-refractivity contribution in [1.29, 1.82) is 0 Å². The lowest BCUT2D eigenvalue weighted by atomic mass is 10.1. The third-order valence-corrected chi connectivity index (χ3v) is 4.75. The van der Waals surface area contributed by atoms with Gasteiger partial charge in [-0.3, -0.25) is 4.68 Å². The zero-order chi connectivity index (χ0) is 19.4. The maximum absolute atomic E-state index is 14.0. The van der Waals surface area contributed by atoms with Crippen LogP contribution < -0.4 is 5.01 Å². The van der Waals surface area contributed by atoms with Gasteiger partial charge in [0.2, 0.25) is 0 Å². The molecule has 0 bridgehead atoms. The molecule has 4 nitrogen and oxygen atoms in total. The predicted octanol–water partition coefficient (Wildman–Crippen LogP) is 3.51. The third kappa shape index (κ3) is 4.67. The second kappa shape index (κ2) is 8.55. The van der Waals surface area contributed by atoms with E-state index < -0.39 is 0 Å². The van der Waals surface area contributed by atoms with Gasteiger partial charge >= 0.3 is 0 Å². The molecule has 2 aromatic carbocycles. The SMILES string of the molecule is CN(C)CCN(CCN(C)C)n1cc(-c2ccccc2)c2cc(F)ccc21. The Balaban J connectivity index is 2.07.